The molecule has 2 aliphatic heterocycles. The van der Waals surface area contributed by atoms with Gasteiger partial charge >= 0.3 is 0 Å². The van der Waals surface area contributed by atoms with Crippen LogP contribution in [0.1, 0.15) is 42.1 Å². The second-order valence-electron chi connectivity index (χ2n) is 9.60. The van der Waals surface area contributed by atoms with Gasteiger partial charge < -0.3 is 20.1 Å². The first-order chi connectivity index (χ1) is 17.2. The molecule has 1 amide bonds. The highest BCUT2D eigenvalue weighted by atomic mass is 32.1. The Hall–Kier alpha value is -3.58. The molecule has 1 saturated heterocycles. The number of nitrogens with zero attached hydrogens (tertiary/aromatic N) is 1. The first kappa shape index (κ1) is 24.1. The van der Waals surface area contributed by atoms with E-state index in [1.165, 1.54) is 0 Å². The van der Waals surface area contributed by atoms with Crippen LogP contribution in [0.4, 0.5) is 11.4 Å². The third-order valence-corrected chi connectivity index (χ3v) is 7.37. The second-order valence-corrected chi connectivity index (χ2v) is 9.99. The van der Waals surface area contributed by atoms with Crippen LogP contribution in [0.25, 0.3) is 0 Å². The van der Waals surface area contributed by atoms with Crippen LogP contribution in [0.2, 0.25) is 0 Å². The van der Waals surface area contributed by atoms with E-state index in [9.17, 15) is 4.79 Å². The summed E-state index contributed by atoms with van der Waals surface area (Å²) in [6, 6.07) is 19.4. The first-order valence-corrected chi connectivity index (χ1v) is 12.6. The van der Waals surface area contributed by atoms with Gasteiger partial charge in [-0.1, -0.05) is 48.0 Å². The third kappa shape index (κ3) is 3.88. The van der Waals surface area contributed by atoms with Crippen LogP contribution in [0, 0.1) is 26.7 Å². The van der Waals surface area contributed by atoms with E-state index in [-0.39, 0.29) is 5.91 Å². The van der Waals surface area contributed by atoms with Gasteiger partial charge in [-0.25, -0.2) is 0 Å². The predicted octanol–water partition coefficient (Wildman–Crippen LogP) is 5.81. The average molecular weight is 502 g/mol. The molecule has 186 valence electrons. The van der Waals surface area contributed by atoms with Gasteiger partial charge in [-0.15, -0.1) is 0 Å². The molecule has 36 heavy (non-hydrogen) atoms. The van der Waals surface area contributed by atoms with Crippen molar-refractivity contribution in [2.45, 2.75) is 46.4 Å². The number of para-hydroxylation sites is 2. The standard InChI is InChI=1S/C29H31N3O3S/c1-6-34-23-13-9-11-20-25-24(27(33)30-21-15-14-17(2)16-19(21)4)29(5,35-26(20)23)32(28(36)31-25)22-12-8-7-10-18(22)3/h7-16,24-25H,6H2,1-5H3,(H,30,33)(H,31,36)/t24-,25-,29-/m0/s1. The van der Waals surface area contributed by atoms with E-state index in [4.69, 9.17) is 21.7 Å². The number of anilines is 2. The number of hydrogen-bond donors (Lipinski definition) is 2. The van der Waals surface area contributed by atoms with Gasteiger partial charge in [0.1, 0.15) is 5.92 Å². The number of nitrogens with one attached hydrogen (secondary N) is 2. The van der Waals surface area contributed by atoms with Gasteiger partial charge in [0, 0.05) is 16.9 Å². The Morgan fingerprint density at radius 1 is 1.11 bits per heavy atom. The fourth-order valence-electron chi connectivity index (χ4n) is 5.38. The maximum atomic E-state index is 14.1. The molecule has 0 aromatic heterocycles. The fraction of sp³-hybridized carbons (Fsp3) is 0.310. The SMILES string of the molecule is CCOc1cccc2c1O[C@@]1(C)[C@H](C(=O)Nc3ccc(C)cc3C)[C@H]2NC(=S)N1c1ccccc1C. The number of amides is 1. The van der Waals surface area contributed by atoms with Crippen molar-refractivity contribution < 1.29 is 14.3 Å². The van der Waals surface area contributed by atoms with Crippen LogP contribution in [0.3, 0.4) is 0 Å². The number of rotatable bonds is 5. The van der Waals surface area contributed by atoms with Crippen LogP contribution in [-0.2, 0) is 4.79 Å². The molecule has 2 aliphatic rings. The number of aryl methyl sites for hydroxylation is 3. The molecule has 0 aliphatic carbocycles. The van der Waals surface area contributed by atoms with Gasteiger partial charge in [-0.3, -0.25) is 9.69 Å². The summed E-state index contributed by atoms with van der Waals surface area (Å²) < 4.78 is 12.7. The van der Waals surface area contributed by atoms with E-state index in [0.717, 1.165) is 33.6 Å². The molecule has 7 heteroatoms. The van der Waals surface area contributed by atoms with Gasteiger partial charge in [0.15, 0.2) is 22.3 Å². The predicted molar refractivity (Wildman–Crippen MR) is 147 cm³/mol. The molecule has 0 spiro atoms. The van der Waals surface area contributed by atoms with Crippen LogP contribution in [-0.4, -0.2) is 23.4 Å². The largest absolute Gasteiger partial charge is 0.490 e. The van der Waals surface area contributed by atoms with Crippen molar-refractivity contribution in [1.29, 1.82) is 0 Å². The Labute approximate surface area is 217 Å². The highest BCUT2D eigenvalue weighted by molar-refractivity contribution is 7.80. The van der Waals surface area contributed by atoms with Crippen molar-refractivity contribution >= 4 is 34.6 Å². The smallest absolute Gasteiger partial charge is 0.236 e. The van der Waals surface area contributed by atoms with E-state index in [2.05, 4.69) is 16.7 Å². The molecule has 3 aromatic carbocycles. The molecule has 6 nitrogen and oxygen atoms in total. The minimum atomic E-state index is -1.11. The second kappa shape index (κ2) is 9.13. The molecule has 3 atom stereocenters. The Balaban J connectivity index is 1.66. The van der Waals surface area contributed by atoms with Gasteiger partial charge in [-0.2, -0.15) is 0 Å². The lowest BCUT2D eigenvalue weighted by molar-refractivity contribution is -0.130. The highest BCUT2D eigenvalue weighted by Crippen LogP contribution is 2.53. The van der Waals surface area contributed by atoms with E-state index >= 15 is 0 Å². The lowest BCUT2D eigenvalue weighted by Gasteiger charge is -2.56. The normalized spacial score (nSPS) is 22.2. The lowest BCUT2D eigenvalue weighted by atomic mass is 9.78. The number of hydrogen-bond acceptors (Lipinski definition) is 4. The average Bonchev–Trinajstić information content (AvgIpc) is 2.82. The summed E-state index contributed by atoms with van der Waals surface area (Å²) in [4.78, 5) is 16.0. The summed E-state index contributed by atoms with van der Waals surface area (Å²) in [5.41, 5.74) is 4.60. The molecule has 2 heterocycles. The van der Waals surface area contributed by atoms with Gasteiger partial charge in [0.2, 0.25) is 5.91 Å². The molecule has 3 aromatic rings. The zero-order chi connectivity index (χ0) is 25.6. The molecular formula is C29H31N3O3S. The van der Waals surface area contributed by atoms with Crippen molar-refractivity contribution in [3.63, 3.8) is 0 Å². The number of thiocarbonyl (C=S) groups is 1. The van der Waals surface area contributed by atoms with E-state index < -0.39 is 17.7 Å². The monoisotopic (exact) mass is 501 g/mol. The zero-order valence-electron chi connectivity index (χ0n) is 21.2. The lowest BCUT2D eigenvalue weighted by Crippen LogP contribution is -2.72. The Bertz CT molecular complexity index is 1360. The molecule has 0 radical (unpaired) electrons. The number of benzene rings is 3. The topological polar surface area (TPSA) is 62.8 Å². The fourth-order valence-corrected chi connectivity index (χ4v) is 5.79. The van der Waals surface area contributed by atoms with Crippen molar-refractivity contribution in [2.24, 2.45) is 5.92 Å². The van der Waals surface area contributed by atoms with E-state index in [1.807, 2.05) is 94.1 Å². The summed E-state index contributed by atoms with van der Waals surface area (Å²) in [6.07, 6.45) is 0. The summed E-state index contributed by atoms with van der Waals surface area (Å²) in [6.45, 7) is 10.5. The minimum absolute atomic E-state index is 0.143. The summed E-state index contributed by atoms with van der Waals surface area (Å²) in [7, 11) is 0. The summed E-state index contributed by atoms with van der Waals surface area (Å²) >= 11 is 5.88. The third-order valence-electron chi connectivity index (χ3n) is 7.07. The maximum absolute atomic E-state index is 14.1. The van der Waals surface area contributed by atoms with Crippen LogP contribution >= 0.6 is 12.2 Å². The van der Waals surface area contributed by atoms with Crippen LogP contribution < -0.4 is 25.0 Å². The van der Waals surface area contributed by atoms with E-state index in [1.54, 1.807) is 0 Å². The summed E-state index contributed by atoms with van der Waals surface area (Å²) in [5, 5.41) is 7.16. The molecule has 2 N–H and O–H groups in total. The van der Waals surface area contributed by atoms with Crippen LogP contribution in [0.15, 0.2) is 60.7 Å². The summed E-state index contributed by atoms with van der Waals surface area (Å²) in [5.74, 6) is 0.527. The molecule has 0 unspecified atom stereocenters. The molecule has 5 rings (SSSR count). The minimum Gasteiger partial charge on any atom is -0.490 e. The number of carbonyl (C=O) groups excluding carboxylic acids is 1. The van der Waals surface area contributed by atoms with Gasteiger partial charge in [0.25, 0.3) is 0 Å². The maximum Gasteiger partial charge on any atom is 0.236 e. The van der Waals surface area contributed by atoms with Crippen molar-refractivity contribution in [1.82, 2.24) is 5.32 Å². The van der Waals surface area contributed by atoms with Crippen molar-refractivity contribution in [3.05, 3.63) is 82.9 Å². The van der Waals surface area contributed by atoms with Gasteiger partial charge in [-0.05, 0) is 76.2 Å². The first-order valence-electron chi connectivity index (χ1n) is 12.2. The van der Waals surface area contributed by atoms with Crippen molar-refractivity contribution in [3.8, 4) is 11.5 Å². The Morgan fingerprint density at radius 2 is 1.89 bits per heavy atom. The zero-order valence-corrected chi connectivity index (χ0v) is 22.0. The molecular weight excluding hydrogens is 470 g/mol. The highest BCUT2D eigenvalue weighted by Gasteiger charge is 2.59. The van der Waals surface area contributed by atoms with Crippen LogP contribution in [0.5, 0.6) is 11.5 Å². The molecule has 2 bridgehead atoms. The number of carbonyl (C=O) groups is 1. The van der Waals surface area contributed by atoms with Crippen molar-refractivity contribution in [2.75, 3.05) is 16.8 Å². The quantitative estimate of drug-likeness (QED) is 0.430. The number of ether oxygens (including phenoxy) is 2. The Morgan fingerprint density at radius 3 is 2.61 bits per heavy atom. The van der Waals surface area contributed by atoms with Gasteiger partial charge in [0.05, 0.1) is 12.6 Å². The van der Waals surface area contributed by atoms with E-state index in [0.29, 0.717) is 23.2 Å². The molecule has 0 saturated carbocycles. The number of fused-ring (bicyclic) bond motifs is 4. The Kier molecular flexibility index (Phi) is 6.12. The molecule has 1 fully saturated rings.